The highest BCUT2D eigenvalue weighted by Crippen LogP contribution is 2.25. The minimum atomic E-state index is 0.123. The van der Waals surface area contributed by atoms with E-state index in [1.807, 2.05) is 0 Å². The van der Waals surface area contributed by atoms with Gasteiger partial charge in [-0.25, -0.2) is 0 Å². The third-order valence-corrected chi connectivity index (χ3v) is 3.14. The summed E-state index contributed by atoms with van der Waals surface area (Å²) >= 11 is 0. The molecule has 0 aromatic rings. The van der Waals surface area contributed by atoms with Gasteiger partial charge in [-0.2, -0.15) is 0 Å². The molecule has 1 rings (SSSR count). The SMILES string of the molecule is CCCC1CNCC(CC)(CC)O1. The van der Waals surface area contributed by atoms with Crippen molar-refractivity contribution in [3.63, 3.8) is 0 Å². The predicted octanol–water partition coefficient (Wildman–Crippen LogP) is 2.33. The van der Waals surface area contributed by atoms with Crippen molar-refractivity contribution >= 4 is 0 Å². The van der Waals surface area contributed by atoms with Crippen molar-refractivity contribution < 1.29 is 4.74 Å². The first kappa shape index (κ1) is 11.0. The average molecular weight is 185 g/mol. The number of hydrogen-bond acceptors (Lipinski definition) is 2. The molecule has 78 valence electrons. The van der Waals surface area contributed by atoms with E-state index in [1.54, 1.807) is 0 Å². The van der Waals surface area contributed by atoms with E-state index in [0.29, 0.717) is 6.10 Å². The van der Waals surface area contributed by atoms with Gasteiger partial charge in [-0.3, -0.25) is 0 Å². The van der Waals surface area contributed by atoms with Crippen LogP contribution in [-0.2, 0) is 4.74 Å². The maximum Gasteiger partial charge on any atom is 0.0805 e. The minimum Gasteiger partial charge on any atom is -0.369 e. The second-order valence-corrected chi connectivity index (χ2v) is 4.05. The normalized spacial score (nSPS) is 27.5. The number of nitrogens with one attached hydrogen (secondary N) is 1. The lowest BCUT2D eigenvalue weighted by Crippen LogP contribution is -2.53. The van der Waals surface area contributed by atoms with E-state index in [0.717, 1.165) is 25.9 Å². The van der Waals surface area contributed by atoms with Gasteiger partial charge in [0.15, 0.2) is 0 Å². The van der Waals surface area contributed by atoms with E-state index in [9.17, 15) is 0 Å². The predicted molar refractivity (Wildman–Crippen MR) is 56.0 cm³/mol. The molecule has 0 bridgehead atoms. The highest BCUT2D eigenvalue weighted by atomic mass is 16.5. The Bertz CT molecular complexity index is 141. The first-order valence-corrected chi connectivity index (χ1v) is 5.65. The maximum absolute atomic E-state index is 6.15. The molecule has 0 aromatic carbocycles. The summed E-state index contributed by atoms with van der Waals surface area (Å²) in [6, 6.07) is 0. The molecule has 1 aliphatic heterocycles. The summed E-state index contributed by atoms with van der Waals surface area (Å²) in [5, 5.41) is 3.49. The summed E-state index contributed by atoms with van der Waals surface area (Å²) in [7, 11) is 0. The van der Waals surface area contributed by atoms with Gasteiger partial charge in [-0.15, -0.1) is 0 Å². The number of ether oxygens (including phenoxy) is 1. The van der Waals surface area contributed by atoms with Gasteiger partial charge in [0.2, 0.25) is 0 Å². The molecule has 1 aliphatic rings. The molecular weight excluding hydrogens is 162 g/mol. The quantitative estimate of drug-likeness (QED) is 0.726. The van der Waals surface area contributed by atoms with Crippen molar-refractivity contribution in [2.24, 2.45) is 0 Å². The zero-order valence-corrected chi connectivity index (χ0v) is 9.23. The Balaban J connectivity index is 2.48. The van der Waals surface area contributed by atoms with Crippen LogP contribution in [0.1, 0.15) is 46.5 Å². The van der Waals surface area contributed by atoms with Gasteiger partial charge in [-0.1, -0.05) is 27.2 Å². The molecule has 0 spiro atoms. The molecule has 1 N–H and O–H groups in total. The topological polar surface area (TPSA) is 21.3 Å². The fraction of sp³-hybridized carbons (Fsp3) is 1.00. The molecule has 1 unspecified atom stereocenters. The van der Waals surface area contributed by atoms with E-state index in [2.05, 4.69) is 26.1 Å². The molecule has 0 saturated carbocycles. The summed E-state index contributed by atoms with van der Waals surface area (Å²) in [5.41, 5.74) is 0.123. The fourth-order valence-electron chi connectivity index (χ4n) is 2.05. The third-order valence-electron chi connectivity index (χ3n) is 3.14. The van der Waals surface area contributed by atoms with Gasteiger partial charge in [0.05, 0.1) is 11.7 Å². The smallest absolute Gasteiger partial charge is 0.0805 e. The average Bonchev–Trinajstić information content (AvgIpc) is 2.19. The van der Waals surface area contributed by atoms with Gasteiger partial charge in [-0.05, 0) is 19.3 Å². The first-order chi connectivity index (χ1) is 6.26. The third kappa shape index (κ3) is 2.68. The van der Waals surface area contributed by atoms with E-state index < -0.39 is 0 Å². The molecule has 2 nitrogen and oxygen atoms in total. The monoisotopic (exact) mass is 185 g/mol. The summed E-state index contributed by atoms with van der Waals surface area (Å²) in [6.45, 7) is 8.73. The summed E-state index contributed by atoms with van der Waals surface area (Å²) in [6.07, 6.45) is 5.09. The summed E-state index contributed by atoms with van der Waals surface area (Å²) in [5.74, 6) is 0. The maximum atomic E-state index is 6.15. The molecule has 1 atom stereocenters. The molecular formula is C11H23NO. The highest BCUT2D eigenvalue weighted by molar-refractivity contribution is 4.86. The van der Waals surface area contributed by atoms with Crippen LogP contribution in [0.3, 0.4) is 0 Å². The standard InChI is InChI=1S/C11H23NO/c1-4-7-10-8-12-9-11(5-2,6-3)13-10/h10,12H,4-9H2,1-3H3. The molecule has 2 heteroatoms. The molecule has 1 saturated heterocycles. The Hall–Kier alpha value is -0.0800. The minimum absolute atomic E-state index is 0.123. The lowest BCUT2D eigenvalue weighted by Gasteiger charge is -2.41. The van der Waals surface area contributed by atoms with Crippen molar-refractivity contribution in [2.45, 2.75) is 58.2 Å². The Morgan fingerprint density at radius 3 is 2.54 bits per heavy atom. The number of morpholine rings is 1. The Kier molecular flexibility index (Phi) is 4.20. The van der Waals surface area contributed by atoms with E-state index in [1.165, 1.54) is 12.8 Å². The van der Waals surface area contributed by atoms with Gasteiger partial charge >= 0.3 is 0 Å². The van der Waals surface area contributed by atoms with E-state index in [-0.39, 0.29) is 5.60 Å². The Morgan fingerprint density at radius 1 is 1.31 bits per heavy atom. The van der Waals surface area contributed by atoms with Crippen LogP contribution in [0.2, 0.25) is 0 Å². The largest absolute Gasteiger partial charge is 0.369 e. The van der Waals surface area contributed by atoms with Crippen LogP contribution in [0.15, 0.2) is 0 Å². The van der Waals surface area contributed by atoms with Crippen molar-refractivity contribution in [3.05, 3.63) is 0 Å². The fourth-order valence-corrected chi connectivity index (χ4v) is 2.05. The van der Waals surface area contributed by atoms with Crippen molar-refractivity contribution in [1.29, 1.82) is 0 Å². The summed E-state index contributed by atoms with van der Waals surface area (Å²) < 4.78 is 6.15. The van der Waals surface area contributed by atoms with Crippen LogP contribution in [0.25, 0.3) is 0 Å². The Labute approximate surface area is 82.0 Å². The molecule has 0 aliphatic carbocycles. The van der Waals surface area contributed by atoms with Crippen LogP contribution in [-0.4, -0.2) is 24.8 Å². The van der Waals surface area contributed by atoms with Crippen LogP contribution in [0, 0.1) is 0 Å². The molecule has 1 fully saturated rings. The first-order valence-electron chi connectivity index (χ1n) is 5.65. The van der Waals surface area contributed by atoms with Crippen LogP contribution < -0.4 is 5.32 Å². The lowest BCUT2D eigenvalue weighted by atomic mass is 9.94. The van der Waals surface area contributed by atoms with Crippen LogP contribution in [0.4, 0.5) is 0 Å². The zero-order valence-electron chi connectivity index (χ0n) is 9.23. The number of hydrogen-bond donors (Lipinski definition) is 1. The molecule has 0 radical (unpaired) electrons. The van der Waals surface area contributed by atoms with Crippen LogP contribution in [0.5, 0.6) is 0 Å². The van der Waals surface area contributed by atoms with Gasteiger partial charge in [0.25, 0.3) is 0 Å². The lowest BCUT2D eigenvalue weighted by molar-refractivity contribution is -0.122. The molecule has 1 heterocycles. The van der Waals surface area contributed by atoms with Gasteiger partial charge in [0, 0.05) is 13.1 Å². The van der Waals surface area contributed by atoms with Crippen molar-refractivity contribution in [3.8, 4) is 0 Å². The van der Waals surface area contributed by atoms with Gasteiger partial charge in [0.1, 0.15) is 0 Å². The second-order valence-electron chi connectivity index (χ2n) is 4.05. The highest BCUT2D eigenvalue weighted by Gasteiger charge is 2.33. The van der Waals surface area contributed by atoms with Crippen molar-refractivity contribution in [2.75, 3.05) is 13.1 Å². The van der Waals surface area contributed by atoms with E-state index in [4.69, 9.17) is 4.74 Å². The number of rotatable bonds is 4. The molecule has 0 aromatic heterocycles. The van der Waals surface area contributed by atoms with E-state index >= 15 is 0 Å². The summed E-state index contributed by atoms with van der Waals surface area (Å²) in [4.78, 5) is 0. The van der Waals surface area contributed by atoms with Crippen molar-refractivity contribution in [1.82, 2.24) is 5.32 Å². The van der Waals surface area contributed by atoms with Gasteiger partial charge < -0.3 is 10.1 Å². The van der Waals surface area contributed by atoms with Crippen LogP contribution >= 0.6 is 0 Å². The zero-order chi connectivity index (χ0) is 9.73. The Morgan fingerprint density at radius 2 is 2.00 bits per heavy atom. The second kappa shape index (κ2) is 4.97. The molecule has 13 heavy (non-hydrogen) atoms. The molecule has 0 amide bonds.